The Bertz CT molecular complexity index is 1020. The van der Waals surface area contributed by atoms with E-state index < -0.39 is 48.3 Å². The predicted octanol–water partition coefficient (Wildman–Crippen LogP) is 0.898. The number of hydrogen-bond acceptors (Lipinski definition) is 7. The van der Waals surface area contributed by atoms with Gasteiger partial charge in [0.05, 0.1) is 13.0 Å². The van der Waals surface area contributed by atoms with Crippen molar-refractivity contribution in [2.24, 2.45) is 16.0 Å². The number of carboxylic acids is 2. The first-order valence-electron chi connectivity index (χ1n) is 9.88. The largest absolute Gasteiger partial charge is 0.508 e. The second-order valence-electron chi connectivity index (χ2n) is 7.30. The number of nitrogens with two attached hydrogens (primary N) is 1. The molecule has 2 aromatic rings. The van der Waals surface area contributed by atoms with Crippen LogP contribution >= 0.6 is 0 Å². The molecule has 2 atom stereocenters. The van der Waals surface area contributed by atoms with Gasteiger partial charge in [0.1, 0.15) is 11.8 Å². The first-order chi connectivity index (χ1) is 15.6. The fraction of sp³-hybridized carbons (Fsp3) is 0.273. The Balaban J connectivity index is 2.35. The van der Waals surface area contributed by atoms with Gasteiger partial charge in [0, 0.05) is 12.8 Å². The van der Waals surface area contributed by atoms with Crippen LogP contribution in [0.3, 0.4) is 0 Å². The Kier molecular flexibility index (Phi) is 8.75. The van der Waals surface area contributed by atoms with E-state index in [2.05, 4.69) is 15.5 Å². The Morgan fingerprint density at radius 1 is 0.970 bits per heavy atom. The first kappa shape index (κ1) is 25.1. The van der Waals surface area contributed by atoms with Gasteiger partial charge < -0.3 is 26.4 Å². The Hall–Kier alpha value is -4.12. The maximum atomic E-state index is 12.8. The molecule has 0 saturated carbocycles. The summed E-state index contributed by atoms with van der Waals surface area (Å²) >= 11 is 0. The normalized spacial score (nSPS) is 13.7. The molecule has 0 radical (unpaired) electrons. The first-order valence-corrected chi connectivity index (χ1v) is 9.88. The number of amides is 2. The van der Waals surface area contributed by atoms with Gasteiger partial charge in [0.25, 0.3) is 5.91 Å². The highest BCUT2D eigenvalue weighted by atomic mass is 16.4. The summed E-state index contributed by atoms with van der Waals surface area (Å²) in [5.74, 6) is -4.62. The quantitative estimate of drug-likeness (QED) is 0.308. The molecule has 0 aliphatic rings. The van der Waals surface area contributed by atoms with Crippen LogP contribution < -0.4 is 11.1 Å². The van der Waals surface area contributed by atoms with Crippen LogP contribution in [0.4, 0.5) is 0 Å². The number of carboxylic acid groups (broad SMARTS) is 2. The number of aliphatic carboxylic acids is 2. The lowest BCUT2D eigenvalue weighted by molar-refractivity contribution is -0.150. The summed E-state index contributed by atoms with van der Waals surface area (Å²) in [7, 11) is 0. The molecule has 0 spiro atoms. The summed E-state index contributed by atoms with van der Waals surface area (Å²) in [5.41, 5.74) is 4.13. The number of nitrogens with one attached hydrogen (secondary N) is 1. The number of azo groups is 1. The van der Waals surface area contributed by atoms with E-state index in [0.29, 0.717) is 11.1 Å². The number of hydrogen-bond donors (Lipinski definition) is 5. The summed E-state index contributed by atoms with van der Waals surface area (Å²) < 4.78 is 0. The number of carbonyl (C=O) groups excluding carboxylic acids is 2. The Morgan fingerprint density at radius 2 is 1.61 bits per heavy atom. The van der Waals surface area contributed by atoms with Crippen molar-refractivity contribution in [3.63, 3.8) is 0 Å². The lowest BCUT2D eigenvalue weighted by Crippen LogP contribution is -2.45. The number of nitrogens with zero attached hydrogens (tertiary/aromatic N) is 2. The number of phenolic OH excluding ortho intramolecular Hbond substituents is 1. The van der Waals surface area contributed by atoms with E-state index in [9.17, 15) is 34.5 Å². The zero-order valence-corrected chi connectivity index (χ0v) is 17.5. The molecule has 11 heteroatoms. The van der Waals surface area contributed by atoms with E-state index in [0.717, 1.165) is 0 Å². The number of rotatable bonds is 11. The van der Waals surface area contributed by atoms with Crippen molar-refractivity contribution in [2.45, 2.75) is 30.8 Å². The van der Waals surface area contributed by atoms with Gasteiger partial charge in [0.2, 0.25) is 5.91 Å². The van der Waals surface area contributed by atoms with Gasteiger partial charge in [-0.25, -0.2) is 4.79 Å². The average molecular weight is 456 g/mol. The fourth-order valence-electron chi connectivity index (χ4n) is 3.05. The van der Waals surface area contributed by atoms with Gasteiger partial charge in [-0.3, -0.25) is 14.4 Å². The van der Waals surface area contributed by atoms with E-state index >= 15 is 0 Å². The van der Waals surface area contributed by atoms with Crippen LogP contribution in [0.25, 0.3) is 0 Å². The van der Waals surface area contributed by atoms with Crippen LogP contribution in [0, 0.1) is 0 Å². The van der Waals surface area contributed by atoms with Crippen molar-refractivity contribution in [1.82, 2.24) is 5.32 Å². The van der Waals surface area contributed by atoms with Gasteiger partial charge >= 0.3 is 11.9 Å². The molecular formula is C22H24N4O7. The third kappa shape index (κ3) is 7.51. The Labute approximate surface area is 189 Å². The minimum absolute atomic E-state index is 0.00753. The summed E-state index contributed by atoms with van der Waals surface area (Å²) in [6, 6.07) is 12.8. The van der Waals surface area contributed by atoms with Crippen LogP contribution in [0.5, 0.6) is 5.75 Å². The summed E-state index contributed by atoms with van der Waals surface area (Å²) in [6.45, 7) is -0.400. The van der Waals surface area contributed by atoms with Gasteiger partial charge in [-0.1, -0.05) is 42.5 Å². The van der Waals surface area contributed by atoms with E-state index in [4.69, 9.17) is 5.73 Å². The van der Waals surface area contributed by atoms with Gasteiger partial charge in [0.15, 0.2) is 5.54 Å². The zero-order valence-electron chi connectivity index (χ0n) is 17.5. The third-order valence-electron chi connectivity index (χ3n) is 4.72. The van der Waals surface area contributed by atoms with Crippen LogP contribution in [0.1, 0.15) is 17.5 Å². The van der Waals surface area contributed by atoms with Crippen LogP contribution in [0.2, 0.25) is 0 Å². The molecule has 11 nitrogen and oxygen atoms in total. The molecule has 33 heavy (non-hydrogen) atoms. The highest BCUT2D eigenvalue weighted by Crippen LogP contribution is 2.24. The summed E-state index contributed by atoms with van der Waals surface area (Å²) in [4.78, 5) is 48.0. The fourth-order valence-corrected chi connectivity index (χ4v) is 3.05. The van der Waals surface area contributed by atoms with Crippen molar-refractivity contribution in [3.8, 4) is 5.75 Å². The molecule has 1 unspecified atom stereocenters. The predicted molar refractivity (Wildman–Crippen MR) is 115 cm³/mol. The number of phenols is 1. The topological polar surface area (TPSA) is 192 Å². The van der Waals surface area contributed by atoms with Crippen molar-refractivity contribution in [3.05, 3.63) is 65.7 Å². The number of aromatic hydroxyl groups is 1. The molecule has 6 N–H and O–H groups in total. The SMILES string of the molecule is NCC(=O)N[C@@H](Cc1ccc(O)cc1)C(=O)N=NC(CC(=O)O)(Cc1ccccc1)C(=O)O. The van der Waals surface area contributed by atoms with Crippen LogP contribution in [0.15, 0.2) is 64.8 Å². The highest BCUT2D eigenvalue weighted by Gasteiger charge is 2.42. The maximum absolute atomic E-state index is 12.8. The van der Waals surface area contributed by atoms with Crippen LogP contribution in [-0.4, -0.2) is 57.2 Å². The molecular weight excluding hydrogens is 432 g/mol. The molecule has 0 fully saturated rings. The molecule has 0 saturated heterocycles. The van der Waals surface area contributed by atoms with Crippen molar-refractivity contribution in [2.75, 3.05) is 6.54 Å². The van der Waals surface area contributed by atoms with E-state index in [1.807, 2.05) is 0 Å². The molecule has 174 valence electrons. The minimum Gasteiger partial charge on any atom is -0.508 e. The van der Waals surface area contributed by atoms with Gasteiger partial charge in [-0.2, -0.15) is 5.11 Å². The van der Waals surface area contributed by atoms with Crippen molar-refractivity contribution in [1.29, 1.82) is 0 Å². The van der Waals surface area contributed by atoms with E-state index in [-0.39, 0.29) is 18.6 Å². The van der Waals surface area contributed by atoms with E-state index in [1.54, 1.807) is 30.3 Å². The molecule has 0 aliphatic heterocycles. The van der Waals surface area contributed by atoms with Gasteiger partial charge in [-0.05, 0) is 23.3 Å². The molecule has 0 aromatic heterocycles. The number of benzene rings is 2. The van der Waals surface area contributed by atoms with Crippen molar-refractivity contribution < 1.29 is 34.5 Å². The molecule has 2 amide bonds. The lowest BCUT2D eigenvalue weighted by Gasteiger charge is -2.22. The third-order valence-corrected chi connectivity index (χ3v) is 4.72. The zero-order chi connectivity index (χ0) is 24.4. The smallest absolute Gasteiger partial charge is 0.334 e. The molecule has 0 bridgehead atoms. The number of carbonyl (C=O) groups is 4. The minimum atomic E-state index is -2.23. The second-order valence-corrected chi connectivity index (χ2v) is 7.30. The lowest BCUT2D eigenvalue weighted by atomic mass is 9.88. The highest BCUT2D eigenvalue weighted by molar-refractivity contribution is 5.89. The Morgan fingerprint density at radius 3 is 2.15 bits per heavy atom. The molecule has 0 aliphatic carbocycles. The summed E-state index contributed by atoms with van der Waals surface area (Å²) in [5, 5.41) is 38.1. The second kappa shape index (κ2) is 11.5. The van der Waals surface area contributed by atoms with E-state index in [1.165, 1.54) is 24.3 Å². The van der Waals surface area contributed by atoms with Gasteiger partial charge in [-0.15, -0.1) is 5.11 Å². The van der Waals surface area contributed by atoms with Crippen LogP contribution in [-0.2, 0) is 32.0 Å². The molecule has 2 rings (SSSR count). The average Bonchev–Trinajstić information content (AvgIpc) is 2.78. The molecule has 2 aromatic carbocycles. The standard InChI is InChI=1S/C22H24N4O7/c23-13-18(28)24-17(10-14-6-8-16(27)9-7-14)20(31)25-26-22(21(32)33,12-19(29)30)11-15-4-2-1-3-5-15/h1-9,17,27H,10-13,23H2,(H,24,28)(H,29,30)(H,32,33)/t17-,22?/m0/s1. The van der Waals surface area contributed by atoms with Crippen molar-refractivity contribution >= 4 is 23.8 Å². The maximum Gasteiger partial charge on any atom is 0.334 e. The summed E-state index contributed by atoms with van der Waals surface area (Å²) in [6.07, 6.45) is -1.27. The monoisotopic (exact) mass is 456 g/mol. The molecule has 0 heterocycles.